The second kappa shape index (κ2) is 12.4. The maximum atomic E-state index is 13.4. The van der Waals surface area contributed by atoms with Gasteiger partial charge in [0.05, 0.1) is 16.4 Å². The number of imidazole rings is 1. The zero-order valence-electron chi connectivity index (χ0n) is 24.0. The van der Waals surface area contributed by atoms with Crippen LogP contribution < -0.4 is 11.0 Å². The van der Waals surface area contributed by atoms with Gasteiger partial charge in [-0.25, -0.2) is 14.2 Å². The highest BCUT2D eigenvalue weighted by atomic mass is 32.2. The van der Waals surface area contributed by atoms with E-state index in [0.717, 1.165) is 18.4 Å². The van der Waals surface area contributed by atoms with Gasteiger partial charge in [0, 0.05) is 32.3 Å². The van der Waals surface area contributed by atoms with Crippen molar-refractivity contribution in [3.05, 3.63) is 65.1 Å². The van der Waals surface area contributed by atoms with Gasteiger partial charge in [-0.1, -0.05) is 30.3 Å². The van der Waals surface area contributed by atoms with E-state index in [1.165, 1.54) is 16.7 Å². The van der Waals surface area contributed by atoms with Crippen molar-refractivity contribution in [2.45, 2.75) is 50.5 Å². The van der Waals surface area contributed by atoms with Crippen LogP contribution in [0.5, 0.6) is 0 Å². The summed E-state index contributed by atoms with van der Waals surface area (Å²) in [5, 5.41) is 2.95. The van der Waals surface area contributed by atoms with Crippen molar-refractivity contribution in [2.75, 3.05) is 39.4 Å². The molecule has 1 N–H and O–H groups in total. The Morgan fingerprint density at radius 2 is 1.62 bits per heavy atom. The number of carbonyl (C=O) groups excluding carboxylic acids is 2. The predicted octanol–water partition coefficient (Wildman–Crippen LogP) is 3.38. The van der Waals surface area contributed by atoms with Crippen molar-refractivity contribution in [3.63, 3.8) is 0 Å². The standard InChI is InChI=1S/C30H38N4O7S/c1-22(2)33-25-10-6-7-11-26(25)34(29(33)37)28(36)31-20-23-12-16-32(17-13-23)21-30(14-18-40-19-15-30)27(35)41-42(38,39)24-8-4-3-5-9-24/h3-11,22-23H,12-21H2,1-2H3,(H,31,36). The second-order valence-corrected chi connectivity index (χ2v) is 13.1. The fourth-order valence-electron chi connectivity index (χ4n) is 5.97. The molecule has 0 saturated carbocycles. The minimum atomic E-state index is -4.23. The van der Waals surface area contributed by atoms with E-state index >= 15 is 0 Å². The average Bonchev–Trinajstić information content (AvgIpc) is 3.29. The number of aromatic nitrogens is 2. The van der Waals surface area contributed by atoms with Crippen LogP contribution in [-0.4, -0.2) is 73.8 Å². The van der Waals surface area contributed by atoms with E-state index in [9.17, 15) is 22.8 Å². The first-order chi connectivity index (χ1) is 20.1. The number of piperidine rings is 1. The van der Waals surface area contributed by atoms with Crippen LogP contribution in [0.15, 0.2) is 64.3 Å². The monoisotopic (exact) mass is 598 g/mol. The number of hydrogen-bond acceptors (Lipinski definition) is 8. The molecule has 42 heavy (non-hydrogen) atoms. The molecule has 1 aromatic heterocycles. The number of carbonyl (C=O) groups is 2. The van der Waals surface area contributed by atoms with Crippen molar-refractivity contribution in [3.8, 4) is 0 Å². The van der Waals surface area contributed by atoms with Crippen LogP contribution in [0.1, 0.15) is 45.6 Å². The number of ether oxygens (including phenoxy) is 1. The van der Waals surface area contributed by atoms with Crippen molar-refractivity contribution < 1.29 is 26.9 Å². The lowest BCUT2D eigenvalue weighted by Crippen LogP contribution is -2.50. The molecular weight excluding hydrogens is 560 g/mol. The highest BCUT2D eigenvalue weighted by Gasteiger charge is 2.45. The van der Waals surface area contributed by atoms with E-state index in [-0.39, 0.29) is 22.5 Å². The number of rotatable bonds is 8. The third-order valence-electron chi connectivity index (χ3n) is 8.37. The molecule has 3 aromatic rings. The molecule has 12 heteroatoms. The van der Waals surface area contributed by atoms with E-state index < -0.39 is 27.5 Å². The maximum absolute atomic E-state index is 13.4. The molecule has 0 bridgehead atoms. The Hall–Kier alpha value is -3.48. The van der Waals surface area contributed by atoms with E-state index in [0.29, 0.717) is 57.8 Å². The molecule has 3 heterocycles. The van der Waals surface area contributed by atoms with Crippen LogP contribution in [0.3, 0.4) is 0 Å². The first-order valence-corrected chi connectivity index (χ1v) is 15.9. The second-order valence-electron chi connectivity index (χ2n) is 11.5. The first kappa shape index (κ1) is 30.0. The van der Waals surface area contributed by atoms with Crippen molar-refractivity contribution in [1.29, 1.82) is 0 Å². The Morgan fingerprint density at radius 3 is 2.26 bits per heavy atom. The Morgan fingerprint density at radius 1 is 1.00 bits per heavy atom. The minimum absolute atomic E-state index is 0.0561. The van der Waals surface area contributed by atoms with Crippen LogP contribution >= 0.6 is 0 Å². The Bertz CT molecular complexity index is 1580. The molecule has 226 valence electrons. The number of nitrogens with zero attached hydrogens (tertiary/aromatic N) is 3. The molecular formula is C30H38N4O7S. The van der Waals surface area contributed by atoms with Gasteiger partial charge in [-0.05, 0) is 82.8 Å². The van der Waals surface area contributed by atoms with Crippen LogP contribution in [0, 0.1) is 11.3 Å². The van der Waals surface area contributed by atoms with Gasteiger partial charge in [-0.3, -0.25) is 9.36 Å². The number of amides is 1. The van der Waals surface area contributed by atoms with Crippen LogP contribution in [-0.2, 0) is 23.8 Å². The number of likely N-dealkylation sites (tertiary alicyclic amines) is 1. The summed E-state index contributed by atoms with van der Waals surface area (Å²) < 4.78 is 39.0. The summed E-state index contributed by atoms with van der Waals surface area (Å²) in [4.78, 5) is 41.7. The first-order valence-electron chi connectivity index (χ1n) is 14.5. The number of para-hydroxylation sites is 2. The molecule has 1 amide bonds. The van der Waals surface area contributed by atoms with Gasteiger partial charge in [0.15, 0.2) is 0 Å². The summed E-state index contributed by atoms with van der Waals surface area (Å²) in [5.74, 6) is -0.537. The summed E-state index contributed by atoms with van der Waals surface area (Å²) in [6.07, 6.45) is 2.33. The maximum Gasteiger partial charge on any atom is 0.341 e. The van der Waals surface area contributed by atoms with E-state index in [1.807, 2.05) is 32.0 Å². The van der Waals surface area contributed by atoms with Crippen LogP contribution in [0.2, 0.25) is 0 Å². The van der Waals surface area contributed by atoms with Gasteiger partial charge in [-0.2, -0.15) is 8.42 Å². The number of benzene rings is 2. The summed E-state index contributed by atoms with van der Waals surface area (Å²) >= 11 is 0. The largest absolute Gasteiger partial charge is 0.381 e. The van der Waals surface area contributed by atoms with Crippen molar-refractivity contribution in [2.24, 2.45) is 11.3 Å². The molecule has 5 rings (SSSR count). The third kappa shape index (κ3) is 6.16. The zero-order valence-corrected chi connectivity index (χ0v) is 24.8. The average molecular weight is 599 g/mol. The summed E-state index contributed by atoms with van der Waals surface area (Å²) in [5.41, 5.74) is -0.0431. The molecule has 2 aromatic carbocycles. The Balaban J connectivity index is 1.19. The van der Waals surface area contributed by atoms with Crippen LogP contribution in [0.25, 0.3) is 11.0 Å². The van der Waals surface area contributed by atoms with Gasteiger partial charge >= 0.3 is 27.8 Å². The molecule has 0 spiro atoms. The minimum Gasteiger partial charge on any atom is -0.381 e. The lowest BCUT2D eigenvalue weighted by Gasteiger charge is -2.41. The fourth-order valence-corrected chi connectivity index (χ4v) is 6.93. The molecule has 2 saturated heterocycles. The Kier molecular flexibility index (Phi) is 8.86. The highest BCUT2D eigenvalue weighted by Crippen LogP contribution is 2.35. The fraction of sp³-hybridized carbons (Fsp3) is 0.500. The summed E-state index contributed by atoms with van der Waals surface area (Å²) in [7, 11) is -4.23. The lowest BCUT2D eigenvalue weighted by molar-refractivity contribution is -0.153. The summed E-state index contributed by atoms with van der Waals surface area (Å²) in [6.45, 7) is 6.72. The van der Waals surface area contributed by atoms with Gasteiger partial charge in [0.2, 0.25) is 0 Å². The molecule has 0 unspecified atom stereocenters. The van der Waals surface area contributed by atoms with Crippen molar-refractivity contribution in [1.82, 2.24) is 19.4 Å². The topological polar surface area (TPSA) is 129 Å². The molecule has 11 nitrogen and oxygen atoms in total. The van der Waals surface area contributed by atoms with Gasteiger partial charge in [-0.15, -0.1) is 0 Å². The smallest absolute Gasteiger partial charge is 0.341 e. The number of hydrogen-bond donors (Lipinski definition) is 1. The van der Waals surface area contributed by atoms with Gasteiger partial charge < -0.3 is 19.1 Å². The lowest BCUT2D eigenvalue weighted by atomic mass is 9.79. The van der Waals surface area contributed by atoms with Gasteiger partial charge in [0.25, 0.3) is 0 Å². The van der Waals surface area contributed by atoms with E-state index in [1.54, 1.807) is 28.8 Å². The zero-order chi connectivity index (χ0) is 29.9. The summed E-state index contributed by atoms with van der Waals surface area (Å²) in [6, 6.07) is 14.4. The van der Waals surface area contributed by atoms with E-state index in [4.69, 9.17) is 8.92 Å². The van der Waals surface area contributed by atoms with Crippen LogP contribution in [0.4, 0.5) is 4.79 Å². The van der Waals surface area contributed by atoms with E-state index in [2.05, 4.69) is 10.2 Å². The number of nitrogens with one attached hydrogen (secondary N) is 1. The third-order valence-corrected chi connectivity index (χ3v) is 9.59. The molecule has 0 aliphatic carbocycles. The van der Waals surface area contributed by atoms with Crippen molar-refractivity contribution >= 4 is 33.2 Å². The SMILES string of the molecule is CC(C)n1c(=O)n(C(=O)NCC2CCN(CC3(C(=O)OS(=O)(=O)c4ccccc4)CCOCC3)CC2)c2ccccc21. The number of fused-ring (bicyclic) bond motifs is 1. The molecule has 0 radical (unpaired) electrons. The Labute approximate surface area is 245 Å². The normalized spacial score (nSPS) is 18.3. The molecule has 2 aliphatic rings. The molecule has 2 fully saturated rings. The molecule has 2 aliphatic heterocycles. The highest BCUT2D eigenvalue weighted by molar-refractivity contribution is 7.87. The van der Waals surface area contributed by atoms with Gasteiger partial charge in [0.1, 0.15) is 4.90 Å². The quantitative estimate of drug-likeness (QED) is 0.391. The predicted molar refractivity (Wildman–Crippen MR) is 157 cm³/mol. The molecule has 0 atom stereocenters.